The number of aryl methyl sites for hydroxylation is 1. The molecule has 128 valence electrons. The summed E-state index contributed by atoms with van der Waals surface area (Å²) in [7, 11) is 0. The van der Waals surface area contributed by atoms with Crippen LogP contribution in [0.1, 0.15) is 29.8 Å². The number of piperidine rings is 1. The van der Waals surface area contributed by atoms with Crippen LogP contribution in [0.5, 0.6) is 0 Å². The number of nitrogens with zero attached hydrogens (tertiary/aromatic N) is 2. The second-order valence-electron chi connectivity index (χ2n) is 6.45. The Morgan fingerprint density at radius 2 is 1.92 bits per heavy atom. The smallest absolute Gasteiger partial charge is 0.0595 e. The molecule has 3 rings (SSSR count). The maximum absolute atomic E-state index is 6.10. The molecule has 24 heavy (non-hydrogen) atoms. The van der Waals surface area contributed by atoms with E-state index in [1.54, 1.807) is 0 Å². The standard InChI is InChI=1S/C19H23Cl2N3/c1-14-3-2-4-17(23-14)12-22-16-7-9-24(10-8-16)13-15-5-6-18(20)19(21)11-15/h2-6,11,16,22H,7-10,12-13H2,1H3. The van der Waals surface area contributed by atoms with E-state index in [9.17, 15) is 0 Å². The van der Waals surface area contributed by atoms with E-state index >= 15 is 0 Å². The fourth-order valence-corrected chi connectivity index (χ4v) is 3.46. The third-order valence-corrected chi connectivity index (χ3v) is 5.23. The first-order valence-electron chi connectivity index (χ1n) is 8.42. The number of rotatable bonds is 5. The van der Waals surface area contributed by atoms with Crippen LogP contribution in [-0.4, -0.2) is 29.0 Å². The molecule has 0 amide bonds. The van der Waals surface area contributed by atoms with Crippen LogP contribution in [0.15, 0.2) is 36.4 Å². The zero-order chi connectivity index (χ0) is 16.9. The van der Waals surface area contributed by atoms with Gasteiger partial charge in [-0.25, -0.2) is 0 Å². The van der Waals surface area contributed by atoms with E-state index in [1.807, 2.05) is 25.1 Å². The summed E-state index contributed by atoms with van der Waals surface area (Å²) in [6.45, 7) is 6.01. The van der Waals surface area contributed by atoms with E-state index in [0.29, 0.717) is 16.1 Å². The molecule has 0 unspecified atom stereocenters. The molecule has 0 aliphatic carbocycles. The molecular weight excluding hydrogens is 341 g/mol. The first kappa shape index (κ1) is 17.7. The molecule has 1 aliphatic rings. The summed E-state index contributed by atoms with van der Waals surface area (Å²) in [4.78, 5) is 7.02. The fraction of sp³-hybridized carbons (Fsp3) is 0.421. The zero-order valence-electron chi connectivity index (χ0n) is 13.9. The number of benzene rings is 1. The van der Waals surface area contributed by atoms with Gasteiger partial charge in [-0.05, 0) is 62.7 Å². The maximum Gasteiger partial charge on any atom is 0.0595 e. The number of hydrogen-bond acceptors (Lipinski definition) is 3. The Kier molecular flexibility index (Phi) is 6.12. The summed E-state index contributed by atoms with van der Waals surface area (Å²) in [5.41, 5.74) is 3.42. The molecular formula is C19H23Cl2N3. The van der Waals surface area contributed by atoms with Crippen LogP contribution in [0.25, 0.3) is 0 Å². The summed E-state index contributed by atoms with van der Waals surface area (Å²) >= 11 is 12.1. The second kappa shape index (κ2) is 8.30. The molecule has 0 atom stereocenters. The highest BCUT2D eigenvalue weighted by Crippen LogP contribution is 2.24. The van der Waals surface area contributed by atoms with Gasteiger partial charge in [0, 0.05) is 24.8 Å². The van der Waals surface area contributed by atoms with Crippen LogP contribution in [0.2, 0.25) is 10.0 Å². The Morgan fingerprint density at radius 3 is 2.62 bits per heavy atom. The number of halogens is 2. The van der Waals surface area contributed by atoms with Crippen molar-refractivity contribution in [2.24, 2.45) is 0 Å². The SMILES string of the molecule is Cc1cccc(CNC2CCN(Cc3ccc(Cl)c(Cl)c3)CC2)n1. The van der Waals surface area contributed by atoms with Crippen molar-refractivity contribution < 1.29 is 0 Å². The average Bonchev–Trinajstić information content (AvgIpc) is 2.58. The van der Waals surface area contributed by atoms with E-state index in [4.69, 9.17) is 23.2 Å². The third-order valence-electron chi connectivity index (χ3n) is 4.50. The molecule has 1 aliphatic heterocycles. The highest BCUT2D eigenvalue weighted by Gasteiger charge is 2.19. The van der Waals surface area contributed by atoms with Crippen molar-refractivity contribution in [2.45, 2.75) is 38.9 Å². The molecule has 0 saturated carbocycles. The number of likely N-dealkylation sites (tertiary alicyclic amines) is 1. The van der Waals surface area contributed by atoms with E-state index in [-0.39, 0.29) is 0 Å². The Bertz CT molecular complexity index is 682. The van der Waals surface area contributed by atoms with Crippen LogP contribution in [0, 0.1) is 6.92 Å². The minimum absolute atomic E-state index is 0.567. The molecule has 0 bridgehead atoms. The van der Waals surface area contributed by atoms with E-state index in [1.165, 1.54) is 5.56 Å². The van der Waals surface area contributed by atoms with E-state index in [0.717, 1.165) is 50.4 Å². The normalized spacial score (nSPS) is 16.5. The van der Waals surface area contributed by atoms with Gasteiger partial charge in [-0.1, -0.05) is 35.3 Å². The molecule has 0 spiro atoms. The Morgan fingerprint density at radius 1 is 1.12 bits per heavy atom. The molecule has 1 aromatic heterocycles. The van der Waals surface area contributed by atoms with E-state index < -0.39 is 0 Å². The van der Waals surface area contributed by atoms with Crippen molar-refractivity contribution >= 4 is 23.2 Å². The summed E-state index contributed by atoms with van der Waals surface area (Å²) in [5, 5.41) is 4.89. The molecule has 1 N–H and O–H groups in total. The maximum atomic E-state index is 6.10. The van der Waals surface area contributed by atoms with Gasteiger partial charge in [0.15, 0.2) is 0 Å². The third kappa shape index (κ3) is 4.93. The topological polar surface area (TPSA) is 28.2 Å². The number of aromatic nitrogens is 1. The van der Waals surface area contributed by atoms with Crippen molar-refractivity contribution in [3.05, 3.63) is 63.4 Å². The summed E-state index contributed by atoms with van der Waals surface area (Å²) in [5.74, 6) is 0. The van der Waals surface area contributed by atoms with E-state index in [2.05, 4.69) is 33.4 Å². The Balaban J connectivity index is 1.44. The Hall–Kier alpha value is -1.13. The van der Waals surface area contributed by atoms with Crippen molar-refractivity contribution in [1.29, 1.82) is 0 Å². The van der Waals surface area contributed by atoms with Gasteiger partial charge in [0.2, 0.25) is 0 Å². The number of nitrogens with one attached hydrogen (secondary N) is 1. The molecule has 0 radical (unpaired) electrons. The molecule has 1 saturated heterocycles. The lowest BCUT2D eigenvalue weighted by Crippen LogP contribution is -2.41. The van der Waals surface area contributed by atoms with Crippen molar-refractivity contribution in [1.82, 2.24) is 15.2 Å². The van der Waals surface area contributed by atoms with Crippen LogP contribution in [-0.2, 0) is 13.1 Å². The van der Waals surface area contributed by atoms with Crippen LogP contribution >= 0.6 is 23.2 Å². The van der Waals surface area contributed by atoms with Gasteiger partial charge in [-0.3, -0.25) is 9.88 Å². The summed E-state index contributed by atoms with van der Waals surface area (Å²) in [6.07, 6.45) is 2.32. The van der Waals surface area contributed by atoms with Gasteiger partial charge in [0.05, 0.1) is 15.7 Å². The minimum Gasteiger partial charge on any atom is -0.308 e. The van der Waals surface area contributed by atoms with Gasteiger partial charge in [-0.15, -0.1) is 0 Å². The van der Waals surface area contributed by atoms with Crippen molar-refractivity contribution in [3.63, 3.8) is 0 Å². The van der Waals surface area contributed by atoms with Gasteiger partial charge >= 0.3 is 0 Å². The number of pyridine rings is 1. The molecule has 5 heteroatoms. The van der Waals surface area contributed by atoms with Gasteiger partial charge in [-0.2, -0.15) is 0 Å². The van der Waals surface area contributed by atoms with Gasteiger partial charge < -0.3 is 5.32 Å². The summed E-state index contributed by atoms with van der Waals surface area (Å²) < 4.78 is 0. The largest absolute Gasteiger partial charge is 0.308 e. The molecule has 3 nitrogen and oxygen atoms in total. The van der Waals surface area contributed by atoms with Gasteiger partial charge in [0.1, 0.15) is 0 Å². The van der Waals surface area contributed by atoms with Crippen LogP contribution in [0.3, 0.4) is 0 Å². The first-order chi connectivity index (χ1) is 11.6. The van der Waals surface area contributed by atoms with Crippen LogP contribution in [0.4, 0.5) is 0 Å². The first-order valence-corrected chi connectivity index (χ1v) is 9.18. The van der Waals surface area contributed by atoms with Gasteiger partial charge in [0.25, 0.3) is 0 Å². The van der Waals surface area contributed by atoms with Crippen LogP contribution < -0.4 is 5.32 Å². The lowest BCUT2D eigenvalue weighted by Gasteiger charge is -2.32. The monoisotopic (exact) mass is 363 g/mol. The minimum atomic E-state index is 0.567. The fourth-order valence-electron chi connectivity index (χ4n) is 3.14. The average molecular weight is 364 g/mol. The highest BCUT2D eigenvalue weighted by atomic mass is 35.5. The van der Waals surface area contributed by atoms with Crippen molar-refractivity contribution in [2.75, 3.05) is 13.1 Å². The van der Waals surface area contributed by atoms with Crippen molar-refractivity contribution in [3.8, 4) is 0 Å². The Labute approximate surface area is 154 Å². The molecule has 1 aromatic carbocycles. The quantitative estimate of drug-likeness (QED) is 0.850. The lowest BCUT2D eigenvalue weighted by atomic mass is 10.0. The molecule has 1 fully saturated rings. The summed E-state index contributed by atoms with van der Waals surface area (Å²) in [6, 6.07) is 12.7. The molecule has 2 aromatic rings. The molecule has 2 heterocycles. The highest BCUT2D eigenvalue weighted by molar-refractivity contribution is 6.42. The predicted octanol–water partition coefficient (Wildman–Crippen LogP) is 4.45. The lowest BCUT2D eigenvalue weighted by molar-refractivity contribution is 0.190. The zero-order valence-corrected chi connectivity index (χ0v) is 15.4. The number of hydrogen-bond donors (Lipinski definition) is 1. The predicted molar refractivity (Wildman–Crippen MR) is 101 cm³/mol. The second-order valence-corrected chi connectivity index (χ2v) is 7.26.